The van der Waals surface area contributed by atoms with Gasteiger partial charge >= 0.3 is 0 Å². The molecule has 0 spiro atoms. The van der Waals surface area contributed by atoms with E-state index in [-0.39, 0.29) is 0 Å². The third-order valence-corrected chi connectivity index (χ3v) is 2.13. The van der Waals surface area contributed by atoms with Gasteiger partial charge in [0.2, 0.25) is 0 Å². The van der Waals surface area contributed by atoms with Crippen molar-refractivity contribution >= 4 is 56.9 Å². The summed E-state index contributed by atoms with van der Waals surface area (Å²) >= 11 is 19.5. The monoisotopic (exact) mass is 208 g/mol. The molecule has 0 aliphatic carbocycles. The summed E-state index contributed by atoms with van der Waals surface area (Å²) in [6.45, 7) is 0. The number of alkyl halides is 2. The maximum atomic E-state index is 10.1. The van der Waals surface area contributed by atoms with Gasteiger partial charge in [-0.3, -0.25) is 9.59 Å². The van der Waals surface area contributed by atoms with Gasteiger partial charge in [-0.2, -0.15) is 0 Å². The third-order valence-electron chi connectivity index (χ3n) is 0.494. The highest BCUT2D eigenvalue weighted by atomic mass is 35.5. The first-order valence-electron chi connectivity index (χ1n) is 1.66. The highest BCUT2D eigenvalue weighted by Crippen LogP contribution is 2.26. The van der Waals surface area contributed by atoms with E-state index in [0.717, 1.165) is 0 Å². The molecule has 0 unspecified atom stereocenters. The van der Waals surface area contributed by atoms with Crippen LogP contribution in [-0.4, -0.2) is 14.8 Å². The first-order valence-corrected chi connectivity index (χ1v) is 3.18. The Balaban J connectivity index is 4.38. The van der Waals surface area contributed by atoms with Crippen LogP contribution in [0.15, 0.2) is 0 Å². The van der Waals surface area contributed by atoms with E-state index in [0.29, 0.717) is 0 Å². The van der Waals surface area contributed by atoms with Gasteiger partial charge in [0.25, 0.3) is 14.8 Å². The lowest BCUT2D eigenvalue weighted by Gasteiger charge is -2.05. The zero-order valence-corrected chi connectivity index (χ0v) is 6.85. The number of hydrogen-bond donors (Lipinski definition) is 0. The molecule has 0 rings (SSSR count). The van der Waals surface area contributed by atoms with Crippen molar-refractivity contribution in [3.63, 3.8) is 0 Å². The Morgan fingerprint density at radius 3 is 1.22 bits per heavy atom. The first-order chi connectivity index (χ1) is 3.89. The molecule has 52 valence electrons. The minimum absolute atomic E-state index is 1.20. The Morgan fingerprint density at radius 2 is 1.22 bits per heavy atom. The summed E-state index contributed by atoms with van der Waals surface area (Å²) in [5.74, 6) is 0. The summed E-state index contributed by atoms with van der Waals surface area (Å²) in [4.78, 5) is 20.2. The Kier molecular flexibility index (Phi) is 3.23. The molecule has 0 aromatic heterocycles. The minimum Gasteiger partial charge on any atom is -0.277 e. The van der Waals surface area contributed by atoms with E-state index in [4.69, 9.17) is 46.4 Å². The molecule has 0 aliphatic heterocycles. The van der Waals surface area contributed by atoms with Gasteiger partial charge in [-0.05, 0) is 23.2 Å². The van der Waals surface area contributed by atoms with E-state index >= 15 is 0 Å². The molecular formula is C3Cl4O2. The van der Waals surface area contributed by atoms with Gasteiger partial charge in [0.15, 0.2) is 0 Å². The smallest absolute Gasteiger partial charge is 0.266 e. The molecule has 0 bridgehead atoms. The van der Waals surface area contributed by atoms with Crippen LogP contribution in [0.5, 0.6) is 0 Å². The summed E-state index contributed by atoms with van der Waals surface area (Å²) in [5.41, 5.74) is 0. The Labute approximate surface area is 71.0 Å². The molecule has 0 atom stereocenters. The van der Waals surface area contributed by atoms with Gasteiger partial charge in [-0.25, -0.2) is 0 Å². The fraction of sp³-hybridized carbons (Fsp3) is 0.333. The van der Waals surface area contributed by atoms with Crippen molar-refractivity contribution in [2.45, 2.75) is 4.33 Å². The number of halogens is 4. The molecule has 0 saturated heterocycles. The van der Waals surface area contributed by atoms with Crippen molar-refractivity contribution in [1.29, 1.82) is 0 Å². The second-order valence-corrected chi connectivity index (χ2v) is 3.14. The van der Waals surface area contributed by atoms with Crippen LogP contribution in [0.3, 0.4) is 0 Å². The van der Waals surface area contributed by atoms with Crippen LogP contribution in [0.4, 0.5) is 0 Å². The van der Waals surface area contributed by atoms with E-state index in [1.165, 1.54) is 0 Å². The summed E-state index contributed by atoms with van der Waals surface area (Å²) in [7, 11) is 0. The molecule has 2 nitrogen and oxygen atoms in total. The molecule has 6 heteroatoms. The molecule has 0 N–H and O–H groups in total. The average Bonchev–Trinajstić information content (AvgIpc) is 1.65. The zero-order valence-electron chi connectivity index (χ0n) is 3.83. The molecule has 0 radical (unpaired) electrons. The van der Waals surface area contributed by atoms with Gasteiger partial charge < -0.3 is 0 Å². The van der Waals surface area contributed by atoms with Crippen molar-refractivity contribution < 1.29 is 9.59 Å². The van der Waals surface area contributed by atoms with Crippen molar-refractivity contribution in [2.24, 2.45) is 0 Å². The van der Waals surface area contributed by atoms with Crippen LogP contribution in [0, 0.1) is 0 Å². The second kappa shape index (κ2) is 3.06. The third kappa shape index (κ3) is 2.30. The molecule has 9 heavy (non-hydrogen) atoms. The SMILES string of the molecule is O=C(Cl)C(Cl)(Cl)C(=O)Cl. The minimum atomic E-state index is -2.30. The molecule has 0 aliphatic rings. The van der Waals surface area contributed by atoms with E-state index in [1.54, 1.807) is 0 Å². The Bertz CT molecular complexity index is 136. The standard InChI is InChI=1S/C3Cl4O2/c4-1(8)3(6,7)2(5)9. The predicted molar refractivity (Wildman–Crippen MR) is 36.2 cm³/mol. The van der Waals surface area contributed by atoms with Crippen molar-refractivity contribution in [3.05, 3.63) is 0 Å². The molecular weight excluding hydrogens is 210 g/mol. The Hall–Kier alpha value is 0.500. The van der Waals surface area contributed by atoms with E-state index in [2.05, 4.69) is 0 Å². The van der Waals surface area contributed by atoms with Crippen molar-refractivity contribution in [2.75, 3.05) is 0 Å². The van der Waals surface area contributed by atoms with E-state index < -0.39 is 14.8 Å². The maximum Gasteiger partial charge on any atom is 0.266 e. The quantitative estimate of drug-likeness (QED) is 0.394. The number of carbonyl (C=O) groups is 2. The highest BCUT2D eigenvalue weighted by molar-refractivity contribution is 6.91. The Morgan fingerprint density at radius 1 is 1.00 bits per heavy atom. The summed E-state index contributed by atoms with van der Waals surface area (Å²) < 4.78 is -2.30. The number of rotatable bonds is 2. The van der Waals surface area contributed by atoms with Crippen LogP contribution in [0.25, 0.3) is 0 Å². The lowest BCUT2D eigenvalue weighted by Crippen LogP contribution is -2.28. The lowest BCUT2D eigenvalue weighted by molar-refractivity contribution is -0.119. The molecule has 0 fully saturated rings. The van der Waals surface area contributed by atoms with Crippen molar-refractivity contribution in [1.82, 2.24) is 0 Å². The largest absolute Gasteiger partial charge is 0.277 e. The van der Waals surface area contributed by atoms with Crippen LogP contribution in [0.1, 0.15) is 0 Å². The fourth-order valence-electron chi connectivity index (χ4n) is 0.0773. The predicted octanol–water partition coefficient (Wildman–Crippen LogP) is 1.69. The number of hydrogen-bond acceptors (Lipinski definition) is 2. The second-order valence-electron chi connectivity index (χ2n) is 1.12. The van der Waals surface area contributed by atoms with Crippen LogP contribution >= 0.6 is 46.4 Å². The van der Waals surface area contributed by atoms with Crippen LogP contribution in [0.2, 0.25) is 0 Å². The van der Waals surface area contributed by atoms with Gasteiger partial charge in [0.05, 0.1) is 0 Å². The summed E-state index contributed by atoms with van der Waals surface area (Å²) in [6.07, 6.45) is 0. The summed E-state index contributed by atoms with van der Waals surface area (Å²) in [5, 5.41) is -2.41. The number of carbonyl (C=O) groups excluding carboxylic acids is 2. The van der Waals surface area contributed by atoms with E-state index in [9.17, 15) is 9.59 Å². The lowest BCUT2D eigenvalue weighted by atomic mass is 10.5. The van der Waals surface area contributed by atoms with Gasteiger partial charge in [0, 0.05) is 0 Å². The molecule has 0 aromatic rings. The molecule has 0 amide bonds. The van der Waals surface area contributed by atoms with Gasteiger partial charge in [0.1, 0.15) is 0 Å². The topological polar surface area (TPSA) is 34.1 Å². The van der Waals surface area contributed by atoms with Crippen molar-refractivity contribution in [3.8, 4) is 0 Å². The van der Waals surface area contributed by atoms with Gasteiger partial charge in [-0.15, -0.1) is 0 Å². The average molecular weight is 210 g/mol. The first kappa shape index (κ1) is 9.50. The normalized spacial score (nSPS) is 11.1. The van der Waals surface area contributed by atoms with Gasteiger partial charge in [-0.1, -0.05) is 23.2 Å². The molecule has 0 heterocycles. The highest BCUT2D eigenvalue weighted by Gasteiger charge is 2.39. The zero-order chi connectivity index (χ0) is 7.65. The van der Waals surface area contributed by atoms with Crippen LogP contribution in [-0.2, 0) is 9.59 Å². The molecule has 0 aromatic carbocycles. The van der Waals surface area contributed by atoms with E-state index in [1.807, 2.05) is 0 Å². The summed E-state index contributed by atoms with van der Waals surface area (Å²) in [6, 6.07) is 0. The fourth-order valence-corrected chi connectivity index (χ4v) is 0.297. The molecule has 0 saturated carbocycles. The maximum absolute atomic E-state index is 10.1. The van der Waals surface area contributed by atoms with Crippen LogP contribution < -0.4 is 0 Å².